The third-order valence-electron chi connectivity index (χ3n) is 6.34. The Morgan fingerprint density at radius 1 is 0.946 bits per heavy atom. The number of carbonyl (C=O) groups excluding carboxylic acids is 1. The summed E-state index contributed by atoms with van der Waals surface area (Å²) in [5.74, 6) is -7.86. The van der Waals surface area contributed by atoms with Crippen molar-refractivity contribution < 1.29 is 27.5 Å². The van der Waals surface area contributed by atoms with E-state index in [1.807, 2.05) is 12.1 Å². The second-order valence-corrected chi connectivity index (χ2v) is 8.76. The summed E-state index contributed by atoms with van der Waals surface area (Å²) >= 11 is 0. The van der Waals surface area contributed by atoms with E-state index in [-0.39, 0.29) is 17.3 Å². The van der Waals surface area contributed by atoms with Crippen LogP contribution in [0, 0.1) is 30.2 Å². The minimum absolute atomic E-state index is 0.0207. The lowest BCUT2D eigenvalue weighted by molar-refractivity contribution is -0.115. The van der Waals surface area contributed by atoms with Crippen molar-refractivity contribution in [3.63, 3.8) is 0 Å². The SMILES string of the molecule is Cc1c(F)c(F)c(F)c(F)c1CC(=O)Nc1nc2c(nc1-c1ccc(O)cc1)-c1ccc(N)cc1CC2. The average molecular weight is 508 g/mol. The zero-order valence-electron chi connectivity index (χ0n) is 19.5. The maximum atomic E-state index is 14.4. The maximum absolute atomic E-state index is 14.4. The molecule has 0 radical (unpaired) electrons. The van der Waals surface area contributed by atoms with E-state index in [2.05, 4.69) is 10.3 Å². The van der Waals surface area contributed by atoms with Gasteiger partial charge in [0.2, 0.25) is 5.91 Å². The summed E-state index contributed by atoms with van der Waals surface area (Å²) in [6.07, 6.45) is 0.397. The second kappa shape index (κ2) is 9.20. The molecule has 0 atom stereocenters. The first-order valence-corrected chi connectivity index (χ1v) is 11.3. The molecule has 0 spiro atoms. The third-order valence-corrected chi connectivity index (χ3v) is 6.34. The predicted molar refractivity (Wildman–Crippen MR) is 130 cm³/mol. The highest BCUT2D eigenvalue weighted by molar-refractivity contribution is 5.95. The van der Waals surface area contributed by atoms with Crippen LogP contribution < -0.4 is 11.1 Å². The Bertz CT molecular complexity index is 1540. The van der Waals surface area contributed by atoms with Gasteiger partial charge >= 0.3 is 0 Å². The van der Waals surface area contributed by atoms with Crippen LogP contribution in [-0.4, -0.2) is 21.0 Å². The summed E-state index contributed by atoms with van der Waals surface area (Å²) in [5, 5.41) is 12.3. The van der Waals surface area contributed by atoms with Crippen LogP contribution in [0.3, 0.4) is 0 Å². The van der Waals surface area contributed by atoms with E-state index < -0.39 is 46.7 Å². The molecule has 6 nitrogen and oxygen atoms in total. The molecule has 0 unspecified atom stereocenters. The fraction of sp³-hybridized carbons (Fsp3) is 0.148. The zero-order chi connectivity index (χ0) is 26.4. The monoisotopic (exact) mass is 508 g/mol. The Labute approximate surface area is 208 Å². The first-order chi connectivity index (χ1) is 17.6. The third kappa shape index (κ3) is 4.35. The molecule has 1 aromatic heterocycles. The van der Waals surface area contributed by atoms with Crippen LogP contribution in [-0.2, 0) is 24.1 Å². The molecule has 1 aliphatic rings. The number of aromatic hydroxyl groups is 1. The Morgan fingerprint density at radius 3 is 2.38 bits per heavy atom. The van der Waals surface area contributed by atoms with Crippen molar-refractivity contribution >= 4 is 17.4 Å². The molecule has 1 heterocycles. The summed E-state index contributed by atoms with van der Waals surface area (Å²) in [4.78, 5) is 22.3. The number of hydrogen-bond donors (Lipinski definition) is 3. The van der Waals surface area contributed by atoms with E-state index in [1.165, 1.54) is 12.1 Å². The van der Waals surface area contributed by atoms with Gasteiger partial charge in [-0.1, -0.05) is 6.07 Å². The van der Waals surface area contributed by atoms with Gasteiger partial charge in [-0.05, 0) is 67.3 Å². The highest BCUT2D eigenvalue weighted by Crippen LogP contribution is 2.37. The molecule has 1 aliphatic carbocycles. The number of hydrogen-bond acceptors (Lipinski definition) is 5. The summed E-state index contributed by atoms with van der Waals surface area (Å²) < 4.78 is 55.7. The first kappa shape index (κ1) is 24.2. The average Bonchev–Trinajstić information content (AvgIpc) is 2.88. The smallest absolute Gasteiger partial charge is 0.230 e. The molecular formula is C27H20F4N4O2. The number of aromatic nitrogens is 2. The van der Waals surface area contributed by atoms with Gasteiger partial charge in [0.1, 0.15) is 11.4 Å². The molecular weight excluding hydrogens is 488 g/mol. The van der Waals surface area contributed by atoms with Crippen LogP contribution >= 0.6 is 0 Å². The van der Waals surface area contributed by atoms with E-state index in [0.717, 1.165) is 18.1 Å². The molecule has 5 rings (SSSR count). The number of benzene rings is 3. The topological polar surface area (TPSA) is 101 Å². The van der Waals surface area contributed by atoms with Crippen LogP contribution in [0.25, 0.3) is 22.5 Å². The number of halogens is 4. The van der Waals surface area contributed by atoms with Gasteiger partial charge in [-0.3, -0.25) is 4.79 Å². The number of rotatable bonds is 4. The quantitative estimate of drug-likeness (QED) is 0.151. The molecule has 188 valence electrons. The minimum Gasteiger partial charge on any atom is -0.508 e. The highest BCUT2D eigenvalue weighted by Gasteiger charge is 2.26. The van der Waals surface area contributed by atoms with Gasteiger partial charge in [-0.2, -0.15) is 0 Å². The van der Waals surface area contributed by atoms with E-state index in [0.29, 0.717) is 35.5 Å². The van der Waals surface area contributed by atoms with Crippen molar-refractivity contribution in [2.45, 2.75) is 26.2 Å². The van der Waals surface area contributed by atoms with Gasteiger partial charge in [-0.25, -0.2) is 27.5 Å². The maximum Gasteiger partial charge on any atom is 0.230 e. The molecule has 1 amide bonds. The van der Waals surface area contributed by atoms with Gasteiger partial charge in [0.15, 0.2) is 29.1 Å². The number of anilines is 2. The number of fused-ring (bicyclic) bond motifs is 3. The number of aryl methyl sites for hydroxylation is 2. The molecule has 0 saturated heterocycles. The number of phenols is 1. The Kier molecular flexibility index (Phi) is 6.02. The van der Waals surface area contributed by atoms with Crippen LogP contribution in [0.5, 0.6) is 5.75 Å². The van der Waals surface area contributed by atoms with E-state index in [1.54, 1.807) is 18.2 Å². The Morgan fingerprint density at radius 2 is 1.65 bits per heavy atom. The van der Waals surface area contributed by atoms with Crippen molar-refractivity contribution in [1.29, 1.82) is 0 Å². The second-order valence-electron chi connectivity index (χ2n) is 8.76. The number of nitrogens with two attached hydrogens (primary N) is 1. The van der Waals surface area contributed by atoms with Gasteiger partial charge in [-0.15, -0.1) is 0 Å². The lowest BCUT2D eigenvalue weighted by Crippen LogP contribution is -2.20. The van der Waals surface area contributed by atoms with Gasteiger partial charge in [0, 0.05) is 22.4 Å². The molecule has 4 N–H and O–H groups in total. The normalized spacial score (nSPS) is 12.1. The molecule has 37 heavy (non-hydrogen) atoms. The summed E-state index contributed by atoms with van der Waals surface area (Å²) in [6, 6.07) is 11.5. The van der Waals surface area contributed by atoms with Crippen molar-refractivity contribution in [3.05, 3.63) is 88.1 Å². The number of carbonyl (C=O) groups is 1. The van der Waals surface area contributed by atoms with E-state index >= 15 is 0 Å². The molecule has 4 aromatic rings. The highest BCUT2D eigenvalue weighted by atomic mass is 19.2. The van der Waals surface area contributed by atoms with Crippen molar-refractivity contribution in [1.82, 2.24) is 9.97 Å². The number of nitrogens with one attached hydrogen (secondary N) is 1. The Hall–Kier alpha value is -4.47. The van der Waals surface area contributed by atoms with Gasteiger partial charge in [0.25, 0.3) is 0 Å². The lowest BCUT2D eigenvalue weighted by Gasteiger charge is -2.21. The van der Waals surface area contributed by atoms with Crippen LogP contribution in [0.1, 0.15) is 22.4 Å². The molecule has 0 fully saturated rings. The van der Waals surface area contributed by atoms with E-state index in [4.69, 9.17) is 10.7 Å². The number of nitrogens with zero attached hydrogens (tertiary/aromatic N) is 2. The number of amides is 1. The van der Waals surface area contributed by atoms with E-state index in [9.17, 15) is 27.5 Å². The fourth-order valence-electron chi connectivity index (χ4n) is 4.41. The van der Waals surface area contributed by atoms with Gasteiger partial charge in [0.05, 0.1) is 17.8 Å². The van der Waals surface area contributed by atoms with Crippen molar-refractivity contribution in [3.8, 4) is 28.3 Å². The van der Waals surface area contributed by atoms with Gasteiger partial charge < -0.3 is 16.2 Å². The minimum atomic E-state index is -1.98. The summed E-state index contributed by atoms with van der Waals surface area (Å²) in [7, 11) is 0. The number of nitrogen functional groups attached to an aromatic ring is 1. The zero-order valence-corrected chi connectivity index (χ0v) is 19.5. The van der Waals surface area contributed by atoms with Crippen LogP contribution in [0.2, 0.25) is 0 Å². The summed E-state index contributed by atoms with van der Waals surface area (Å²) in [5.41, 5.74) is 9.29. The van der Waals surface area contributed by atoms with Crippen molar-refractivity contribution in [2.75, 3.05) is 11.1 Å². The van der Waals surface area contributed by atoms with Crippen LogP contribution in [0.4, 0.5) is 29.1 Å². The Balaban J connectivity index is 1.57. The first-order valence-electron chi connectivity index (χ1n) is 11.3. The molecule has 3 aromatic carbocycles. The fourth-order valence-corrected chi connectivity index (χ4v) is 4.41. The van der Waals surface area contributed by atoms with Crippen LogP contribution in [0.15, 0.2) is 42.5 Å². The van der Waals surface area contributed by atoms with Crippen molar-refractivity contribution in [2.24, 2.45) is 0 Å². The summed E-state index contributed by atoms with van der Waals surface area (Å²) in [6.45, 7) is 1.06. The molecule has 0 aliphatic heterocycles. The molecule has 10 heteroatoms. The largest absolute Gasteiger partial charge is 0.508 e. The lowest BCUT2D eigenvalue weighted by atomic mass is 9.91. The number of phenolic OH excluding ortho intramolecular Hbond substituents is 1. The molecule has 0 bridgehead atoms. The molecule has 0 saturated carbocycles. The standard InChI is InChI=1S/C27H20F4N4O2/c1-12-18(22(29)24(31)23(30)21(12)28)11-20(37)34-27-25(13-2-6-16(36)7-3-13)35-26-17-8-5-15(32)10-14(17)4-9-19(26)33-27/h2-3,5-8,10,36H,4,9,11,32H2,1H3,(H,33,34,37). The predicted octanol–water partition coefficient (Wildman–Crippen LogP) is 5.24.